The minimum absolute atomic E-state index is 0.0442. The van der Waals surface area contributed by atoms with Crippen LogP contribution in [0.5, 0.6) is 0 Å². The Morgan fingerprint density at radius 3 is 2.76 bits per heavy atom. The number of nitrogens with zero attached hydrogens (tertiary/aromatic N) is 1. The summed E-state index contributed by atoms with van der Waals surface area (Å²) in [7, 11) is 1.37. The fourth-order valence-corrected chi connectivity index (χ4v) is 3.27. The minimum atomic E-state index is -0.299. The molecule has 0 N–H and O–H groups in total. The van der Waals surface area contributed by atoms with Crippen molar-refractivity contribution in [3.8, 4) is 0 Å². The van der Waals surface area contributed by atoms with Crippen LogP contribution in [-0.2, 0) is 20.7 Å². The average molecular weight is 311 g/mol. The maximum atomic E-state index is 12.8. The molecule has 6 heteroatoms. The van der Waals surface area contributed by atoms with E-state index in [0.29, 0.717) is 18.8 Å². The van der Waals surface area contributed by atoms with Crippen molar-refractivity contribution in [3.05, 3.63) is 35.6 Å². The van der Waals surface area contributed by atoms with Crippen LogP contribution in [0.2, 0.25) is 0 Å². The van der Waals surface area contributed by atoms with Gasteiger partial charge in [-0.15, -0.1) is 11.8 Å². The maximum absolute atomic E-state index is 12.8. The van der Waals surface area contributed by atoms with Gasteiger partial charge in [0.1, 0.15) is 5.82 Å². The lowest BCUT2D eigenvalue weighted by molar-refractivity contribution is -0.137. The second-order valence-electron chi connectivity index (χ2n) is 4.94. The SMILES string of the molecule is COC(=O)CS[C@@H]1CCN(C(=O)Cc2ccc(F)cc2)C1. The Morgan fingerprint density at radius 2 is 2.10 bits per heavy atom. The van der Waals surface area contributed by atoms with Crippen molar-refractivity contribution in [2.45, 2.75) is 18.1 Å². The first-order chi connectivity index (χ1) is 10.1. The standard InChI is InChI=1S/C15H18FNO3S/c1-20-15(19)10-21-13-6-7-17(9-13)14(18)8-11-2-4-12(16)5-3-11/h2-5,13H,6-10H2,1H3/t13-/m1/s1. The summed E-state index contributed by atoms with van der Waals surface area (Å²) >= 11 is 1.53. The van der Waals surface area contributed by atoms with Gasteiger partial charge in [-0.25, -0.2) is 4.39 Å². The number of hydrogen-bond donors (Lipinski definition) is 0. The maximum Gasteiger partial charge on any atom is 0.315 e. The van der Waals surface area contributed by atoms with Gasteiger partial charge in [0.05, 0.1) is 19.3 Å². The molecule has 0 spiro atoms. The van der Waals surface area contributed by atoms with E-state index in [1.54, 1.807) is 17.0 Å². The molecule has 0 unspecified atom stereocenters. The van der Waals surface area contributed by atoms with E-state index in [1.165, 1.54) is 31.0 Å². The number of hydrogen-bond acceptors (Lipinski definition) is 4. The number of ether oxygens (including phenoxy) is 1. The molecule has 1 amide bonds. The molecule has 1 saturated heterocycles. The summed E-state index contributed by atoms with van der Waals surface area (Å²) in [5, 5.41) is 0.279. The van der Waals surface area contributed by atoms with Crippen molar-refractivity contribution in [1.29, 1.82) is 0 Å². The Kier molecular flexibility index (Phi) is 5.61. The number of methoxy groups -OCH3 is 1. The summed E-state index contributed by atoms with van der Waals surface area (Å²) in [6.07, 6.45) is 1.17. The van der Waals surface area contributed by atoms with Crippen LogP contribution >= 0.6 is 11.8 Å². The van der Waals surface area contributed by atoms with Crippen LogP contribution in [0.4, 0.5) is 4.39 Å². The molecule has 1 atom stereocenters. The molecule has 1 fully saturated rings. The molecule has 1 heterocycles. The van der Waals surface area contributed by atoms with Gasteiger partial charge < -0.3 is 9.64 Å². The van der Waals surface area contributed by atoms with Crippen molar-refractivity contribution < 1.29 is 18.7 Å². The number of likely N-dealkylation sites (tertiary alicyclic amines) is 1. The van der Waals surface area contributed by atoms with Gasteiger partial charge in [-0.3, -0.25) is 9.59 Å². The van der Waals surface area contributed by atoms with E-state index in [9.17, 15) is 14.0 Å². The number of benzene rings is 1. The zero-order chi connectivity index (χ0) is 15.2. The Balaban J connectivity index is 1.79. The zero-order valence-corrected chi connectivity index (χ0v) is 12.7. The normalized spacial score (nSPS) is 17.8. The lowest BCUT2D eigenvalue weighted by atomic mass is 10.1. The molecule has 0 aromatic heterocycles. The first kappa shape index (κ1) is 15.8. The monoisotopic (exact) mass is 311 g/mol. The number of carbonyl (C=O) groups is 2. The highest BCUT2D eigenvalue weighted by Gasteiger charge is 2.26. The number of thioether (sulfide) groups is 1. The average Bonchev–Trinajstić information content (AvgIpc) is 2.96. The van der Waals surface area contributed by atoms with Crippen LogP contribution in [0, 0.1) is 5.82 Å². The van der Waals surface area contributed by atoms with Gasteiger partial charge in [-0.2, -0.15) is 0 Å². The zero-order valence-electron chi connectivity index (χ0n) is 11.9. The Morgan fingerprint density at radius 1 is 1.38 bits per heavy atom. The molecule has 4 nitrogen and oxygen atoms in total. The van der Waals surface area contributed by atoms with Crippen molar-refractivity contribution >= 4 is 23.6 Å². The van der Waals surface area contributed by atoms with Gasteiger partial charge in [-0.1, -0.05) is 12.1 Å². The van der Waals surface area contributed by atoms with Crippen molar-refractivity contribution in [1.82, 2.24) is 4.90 Å². The third kappa shape index (κ3) is 4.74. The number of carbonyl (C=O) groups excluding carboxylic acids is 2. The van der Waals surface area contributed by atoms with Gasteiger partial charge >= 0.3 is 5.97 Å². The first-order valence-corrected chi connectivity index (χ1v) is 7.84. The summed E-state index contributed by atoms with van der Waals surface area (Å²) in [4.78, 5) is 25.1. The second kappa shape index (κ2) is 7.45. The fraction of sp³-hybridized carbons (Fsp3) is 0.467. The summed E-state index contributed by atoms with van der Waals surface area (Å²) in [6, 6.07) is 5.99. The van der Waals surface area contributed by atoms with Crippen LogP contribution in [0.15, 0.2) is 24.3 Å². The number of rotatable bonds is 5. The summed E-state index contributed by atoms with van der Waals surface area (Å²) in [5.41, 5.74) is 0.812. The molecular weight excluding hydrogens is 293 g/mol. The van der Waals surface area contributed by atoms with Gasteiger partial charge in [0, 0.05) is 18.3 Å². The highest BCUT2D eigenvalue weighted by atomic mass is 32.2. The van der Waals surface area contributed by atoms with Crippen molar-refractivity contribution in [2.75, 3.05) is 26.0 Å². The Labute approximate surface area is 127 Å². The number of amides is 1. The predicted octanol–water partition coefficient (Wildman–Crippen LogP) is 1.88. The van der Waals surface area contributed by atoms with Crippen molar-refractivity contribution in [2.24, 2.45) is 0 Å². The lowest BCUT2D eigenvalue weighted by Gasteiger charge is -2.16. The number of esters is 1. The Bertz CT molecular complexity index is 506. The highest BCUT2D eigenvalue weighted by molar-refractivity contribution is 8.00. The smallest absolute Gasteiger partial charge is 0.315 e. The molecule has 0 saturated carbocycles. The molecule has 0 aliphatic carbocycles. The Hall–Kier alpha value is -1.56. The molecule has 1 aliphatic heterocycles. The van der Waals surface area contributed by atoms with Crippen LogP contribution in [0.3, 0.4) is 0 Å². The van der Waals surface area contributed by atoms with Crippen LogP contribution in [-0.4, -0.2) is 48.0 Å². The quantitative estimate of drug-likeness (QED) is 0.779. The number of halogens is 1. The molecule has 21 heavy (non-hydrogen) atoms. The second-order valence-corrected chi connectivity index (χ2v) is 6.23. The third-order valence-corrected chi connectivity index (χ3v) is 4.69. The van der Waals surface area contributed by atoms with E-state index < -0.39 is 0 Å². The van der Waals surface area contributed by atoms with Gasteiger partial charge in [-0.05, 0) is 24.1 Å². The molecule has 1 aromatic rings. The summed E-state index contributed by atoms with van der Waals surface area (Å²) < 4.78 is 17.4. The lowest BCUT2D eigenvalue weighted by Crippen LogP contribution is -2.30. The van der Waals surface area contributed by atoms with E-state index >= 15 is 0 Å². The molecule has 1 aliphatic rings. The van der Waals surface area contributed by atoms with Gasteiger partial charge in [0.2, 0.25) is 5.91 Å². The molecule has 2 rings (SSSR count). The minimum Gasteiger partial charge on any atom is -0.468 e. The molecule has 1 aromatic carbocycles. The van der Waals surface area contributed by atoms with Crippen LogP contribution in [0.1, 0.15) is 12.0 Å². The van der Waals surface area contributed by atoms with E-state index in [1.807, 2.05) is 0 Å². The van der Waals surface area contributed by atoms with Crippen LogP contribution < -0.4 is 0 Å². The van der Waals surface area contributed by atoms with Crippen LogP contribution in [0.25, 0.3) is 0 Å². The van der Waals surface area contributed by atoms with Crippen molar-refractivity contribution in [3.63, 3.8) is 0 Å². The summed E-state index contributed by atoms with van der Waals surface area (Å²) in [6.45, 7) is 1.36. The van der Waals surface area contributed by atoms with Gasteiger partial charge in [0.15, 0.2) is 0 Å². The first-order valence-electron chi connectivity index (χ1n) is 6.79. The largest absolute Gasteiger partial charge is 0.468 e. The molecule has 0 radical (unpaired) electrons. The van der Waals surface area contributed by atoms with E-state index in [-0.39, 0.29) is 29.4 Å². The van der Waals surface area contributed by atoms with E-state index in [0.717, 1.165) is 12.0 Å². The molecular formula is C15H18FNO3S. The van der Waals surface area contributed by atoms with E-state index in [2.05, 4.69) is 4.74 Å². The fourth-order valence-electron chi connectivity index (χ4n) is 2.22. The molecule has 114 valence electrons. The summed E-state index contributed by atoms with van der Waals surface area (Å²) in [5.74, 6) is -0.174. The molecule has 0 bridgehead atoms. The topological polar surface area (TPSA) is 46.6 Å². The van der Waals surface area contributed by atoms with Gasteiger partial charge in [0.25, 0.3) is 0 Å². The third-order valence-electron chi connectivity index (χ3n) is 3.43. The highest BCUT2D eigenvalue weighted by Crippen LogP contribution is 2.23. The van der Waals surface area contributed by atoms with E-state index in [4.69, 9.17) is 0 Å². The predicted molar refractivity (Wildman–Crippen MR) is 79.6 cm³/mol.